The number of carbonyl (C=O) groups is 2. The number of ether oxygens (including phenoxy) is 1. The predicted molar refractivity (Wildman–Crippen MR) is 77.4 cm³/mol. The molecule has 0 aromatic carbocycles. The van der Waals surface area contributed by atoms with Crippen LogP contribution in [0, 0.1) is 0 Å². The maximum absolute atomic E-state index is 11.9. The Morgan fingerprint density at radius 1 is 1.15 bits per heavy atom. The molecule has 1 aliphatic heterocycles. The minimum atomic E-state index is -0.766. The molecule has 0 aliphatic carbocycles. The fourth-order valence-electron chi connectivity index (χ4n) is 2.40. The summed E-state index contributed by atoms with van der Waals surface area (Å²) < 4.78 is 5.16. The van der Waals surface area contributed by atoms with Crippen molar-refractivity contribution in [2.45, 2.75) is 77.7 Å². The van der Waals surface area contributed by atoms with E-state index < -0.39 is 11.6 Å². The molecule has 1 fully saturated rings. The van der Waals surface area contributed by atoms with Gasteiger partial charge in [0.15, 0.2) is 5.78 Å². The number of unbranched alkanes of at least 4 members (excludes halogenated alkanes) is 5. The van der Waals surface area contributed by atoms with Crippen LogP contribution in [0.2, 0.25) is 0 Å². The first-order valence-electron chi connectivity index (χ1n) is 7.56. The molecular weight excluding hydrogens is 256 g/mol. The minimum Gasteiger partial charge on any atom is -0.511 e. The highest BCUT2D eigenvalue weighted by Crippen LogP contribution is 2.27. The van der Waals surface area contributed by atoms with E-state index in [0.29, 0.717) is 6.42 Å². The number of rotatable bonds is 7. The van der Waals surface area contributed by atoms with Crippen LogP contribution in [-0.4, -0.2) is 22.5 Å². The van der Waals surface area contributed by atoms with Gasteiger partial charge in [-0.2, -0.15) is 0 Å². The van der Waals surface area contributed by atoms with Crippen LogP contribution in [0.5, 0.6) is 0 Å². The molecule has 0 spiro atoms. The van der Waals surface area contributed by atoms with Crippen molar-refractivity contribution < 1.29 is 19.4 Å². The maximum atomic E-state index is 11.9. The van der Waals surface area contributed by atoms with Crippen LogP contribution in [0.4, 0.5) is 0 Å². The SMILES string of the molecule is CCCCCCCC/C(O)=C1/C(=O)CC(C)(C)OC1=O. The van der Waals surface area contributed by atoms with Gasteiger partial charge in [0, 0.05) is 6.42 Å². The van der Waals surface area contributed by atoms with Gasteiger partial charge in [-0.25, -0.2) is 4.79 Å². The summed E-state index contributed by atoms with van der Waals surface area (Å²) in [5.74, 6) is -1.10. The lowest BCUT2D eigenvalue weighted by Crippen LogP contribution is -2.39. The maximum Gasteiger partial charge on any atom is 0.345 e. The molecule has 0 radical (unpaired) electrons. The van der Waals surface area contributed by atoms with Crippen LogP contribution in [0.1, 0.15) is 72.1 Å². The fraction of sp³-hybridized carbons (Fsp3) is 0.750. The van der Waals surface area contributed by atoms with Crippen LogP contribution in [-0.2, 0) is 14.3 Å². The van der Waals surface area contributed by atoms with E-state index in [1.165, 1.54) is 19.3 Å². The van der Waals surface area contributed by atoms with Gasteiger partial charge >= 0.3 is 5.97 Å². The molecule has 0 aromatic rings. The lowest BCUT2D eigenvalue weighted by atomic mass is 9.92. The van der Waals surface area contributed by atoms with Crippen molar-refractivity contribution in [1.29, 1.82) is 0 Å². The van der Waals surface area contributed by atoms with Gasteiger partial charge in [-0.3, -0.25) is 4.79 Å². The van der Waals surface area contributed by atoms with Crippen LogP contribution in [0.25, 0.3) is 0 Å². The summed E-state index contributed by atoms with van der Waals surface area (Å²) in [5, 5.41) is 9.95. The first-order valence-corrected chi connectivity index (χ1v) is 7.56. The molecule has 0 aromatic heterocycles. The summed E-state index contributed by atoms with van der Waals surface area (Å²) in [6.45, 7) is 5.56. The number of hydrogen-bond acceptors (Lipinski definition) is 4. The summed E-state index contributed by atoms with van der Waals surface area (Å²) in [4.78, 5) is 23.7. The summed E-state index contributed by atoms with van der Waals surface area (Å²) in [7, 11) is 0. The monoisotopic (exact) mass is 282 g/mol. The van der Waals surface area contributed by atoms with E-state index in [2.05, 4.69) is 6.92 Å². The van der Waals surface area contributed by atoms with Crippen molar-refractivity contribution in [2.24, 2.45) is 0 Å². The van der Waals surface area contributed by atoms with E-state index in [1.54, 1.807) is 13.8 Å². The summed E-state index contributed by atoms with van der Waals surface area (Å²) in [5.41, 5.74) is -0.907. The third-order valence-corrected chi connectivity index (χ3v) is 3.49. The average molecular weight is 282 g/mol. The van der Waals surface area contributed by atoms with Crippen molar-refractivity contribution in [3.8, 4) is 0 Å². The molecule has 0 atom stereocenters. The molecular formula is C16H26O4. The number of ketones is 1. The molecule has 0 amide bonds. The zero-order valence-electron chi connectivity index (χ0n) is 12.8. The number of allylic oxidation sites excluding steroid dienone is 1. The second-order valence-electron chi connectivity index (χ2n) is 6.09. The first kappa shape index (κ1) is 16.7. The Balaban J connectivity index is 2.49. The Morgan fingerprint density at radius 2 is 1.75 bits per heavy atom. The van der Waals surface area contributed by atoms with Crippen LogP contribution >= 0.6 is 0 Å². The third-order valence-electron chi connectivity index (χ3n) is 3.49. The number of aliphatic hydroxyl groups excluding tert-OH is 1. The largest absolute Gasteiger partial charge is 0.511 e. The van der Waals surface area contributed by atoms with Crippen LogP contribution in [0.15, 0.2) is 11.3 Å². The van der Waals surface area contributed by atoms with E-state index in [-0.39, 0.29) is 23.5 Å². The first-order chi connectivity index (χ1) is 9.37. The van der Waals surface area contributed by atoms with Crippen LogP contribution in [0.3, 0.4) is 0 Å². The van der Waals surface area contributed by atoms with Crippen molar-refractivity contribution in [1.82, 2.24) is 0 Å². The highest BCUT2D eigenvalue weighted by Gasteiger charge is 2.39. The number of aliphatic hydroxyl groups is 1. The molecule has 1 saturated heterocycles. The zero-order chi connectivity index (χ0) is 15.2. The Morgan fingerprint density at radius 3 is 2.35 bits per heavy atom. The van der Waals surface area contributed by atoms with Gasteiger partial charge < -0.3 is 9.84 Å². The number of hydrogen-bond donors (Lipinski definition) is 1. The highest BCUT2D eigenvalue weighted by molar-refractivity contribution is 6.19. The molecule has 0 bridgehead atoms. The highest BCUT2D eigenvalue weighted by atomic mass is 16.6. The topological polar surface area (TPSA) is 63.6 Å². The number of carbonyl (C=O) groups excluding carboxylic acids is 2. The second kappa shape index (κ2) is 7.46. The number of esters is 1. The van der Waals surface area contributed by atoms with Crippen molar-refractivity contribution >= 4 is 11.8 Å². The van der Waals surface area contributed by atoms with Crippen LogP contribution < -0.4 is 0 Å². The van der Waals surface area contributed by atoms with Gasteiger partial charge in [0.25, 0.3) is 0 Å². The molecule has 1 N–H and O–H groups in total. The minimum absolute atomic E-state index is 0.106. The predicted octanol–water partition coefficient (Wildman–Crippen LogP) is 3.84. The van der Waals surface area contributed by atoms with Gasteiger partial charge in [-0.1, -0.05) is 39.0 Å². The lowest BCUT2D eigenvalue weighted by Gasteiger charge is -2.29. The van der Waals surface area contributed by atoms with Gasteiger partial charge in [0.05, 0.1) is 6.42 Å². The van der Waals surface area contributed by atoms with Crippen molar-refractivity contribution in [2.75, 3.05) is 0 Å². The lowest BCUT2D eigenvalue weighted by molar-refractivity contribution is -0.159. The Hall–Kier alpha value is -1.32. The molecule has 4 heteroatoms. The average Bonchev–Trinajstić information content (AvgIpc) is 2.31. The Bertz CT molecular complexity index is 371. The molecule has 114 valence electrons. The normalized spacial score (nSPS) is 20.8. The number of Topliss-reactive ketones (excluding diaryl/α,β-unsaturated/α-hetero) is 1. The molecule has 1 heterocycles. The van der Waals surface area contributed by atoms with E-state index in [1.807, 2.05) is 0 Å². The van der Waals surface area contributed by atoms with Gasteiger partial charge in [0.2, 0.25) is 0 Å². The number of cyclic esters (lactones) is 1. The third kappa shape index (κ3) is 4.99. The van der Waals surface area contributed by atoms with E-state index in [4.69, 9.17) is 4.74 Å². The van der Waals surface area contributed by atoms with E-state index >= 15 is 0 Å². The molecule has 1 rings (SSSR count). The molecule has 0 unspecified atom stereocenters. The Labute approximate surface area is 121 Å². The van der Waals surface area contributed by atoms with Gasteiger partial charge in [-0.15, -0.1) is 0 Å². The summed E-state index contributed by atoms with van der Waals surface area (Å²) >= 11 is 0. The van der Waals surface area contributed by atoms with Crippen molar-refractivity contribution in [3.05, 3.63) is 11.3 Å². The summed E-state index contributed by atoms with van der Waals surface area (Å²) in [6, 6.07) is 0. The molecule has 0 saturated carbocycles. The molecule has 1 aliphatic rings. The van der Waals surface area contributed by atoms with E-state index in [0.717, 1.165) is 19.3 Å². The smallest absolute Gasteiger partial charge is 0.345 e. The quantitative estimate of drug-likeness (QED) is 0.253. The molecule has 4 nitrogen and oxygen atoms in total. The summed E-state index contributed by atoms with van der Waals surface area (Å²) in [6.07, 6.45) is 7.07. The van der Waals surface area contributed by atoms with Gasteiger partial charge in [0.1, 0.15) is 16.9 Å². The van der Waals surface area contributed by atoms with Gasteiger partial charge in [-0.05, 0) is 20.3 Å². The van der Waals surface area contributed by atoms with Crippen molar-refractivity contribution in [3.63, 3.8) is 0 Å². The zero-order valence-corrected chi connectivity index (χ0v) is 12.8. The Kier molecular flexibility index (Phi) is 6.24. The standard InChI is InChI=1S/C16H26O4/c1-4-5-6-7-8-9-10-12(17)14-13(18)11-16(2,3)20-15(14)19/h17H,4-11H2,1-3H3/b14-12+. The van der Waals surface area contributed by atoms with E-state index in [9.17, 15) is 14.7 Å². The fourth-order valence-corrected chi connectivity index (χ4v) is 2.40. The molecule has 20 heavy (non-hydrogen) atoms. The second-order valence-corrected chi connectivity index (χ2v) is 6.09.